The maximum absolute atomic E-state index is 11.8. The van der Waals surface area contributed by atoms with Gasteiger partial charge in [-0.05, 0) is 44.9 Å². The van der Waals surface area contributed by atoms with Gasteiger partial charge in [0.2, 0.25) is 0 Å². The minimum Gasteiger partial charge on any atom is -0.497 e. The molecule has 0 heterocycles. The number of benzene rings is 1. The first kappa shape index (κ1) is 21.2. The predicted molar refractivity (Wildman–Crippen MR) is 97.4 cm³/mol. The van der Waals surface area contributed by atoms with Gasteiger partial charge in [0.15, 0.2) is 0 Å². The zero-order chi connectivity index (χ0) is 18.9. The Kier molecular flexibility index (Phi) is 8.66. The van der Waals surface area contributed by atoms with E-state index in [1.54, 1.807) is 34.0 Å². The summed E-state index contributed by atoms with van der Waals surface area (Å²) in [6, 6.07) is 7.63. The highest BCUT2D eigenvalue weighted by molar-refractivity contribution is 5.75. The molecule has 0 aliphatic rings. The number of hydrogen-bond acceptors (Lipinski definition) is 5. The number of hydrogen-bond donors (Lipinski definition) is 1. The Labute approximate surface area is 150 Å². The molecule has 0 saturated carbocycles. The van der Waals surface area contributed by atoms with Crippen LogP contribution < -0.4 is 4.74 Å². The van der Waals surface area contributed by atoms with Gasteiger partial charge in [-0.25, -0.2) is 0 Å². The normalized spacial score (nSPS) is 13.8. The fourth-order valence-corrected chi connectivity index (χ4v) is 2.11. The minimum atomic E-state index is -0.771. The van der Waals surface area contributed by atoms with Gasteiger partial charge in [0.25, 0.3) is 0 Å². The molecule has 1 rings (SSSR count). The van der Waals surface area contributed by atoms with Crippen molar-refractivity contribution in [1.29, 1.82) is 0 Å². The van der Waals surface area contributed by atoms with Crippen molar-refractivity contribution < 1.29 is 24.1 Å². The second kappa shape index (κ2) is 10.2. The second-order valence-corrected chi connectivity index (χ2v) is 7.04. The zero-order valence-electron chi connectivity index (χ0n) is 15.7. The number of carbonyl (C=O) groups is 1. The van der Waals surface area contributed by atoms with Crippen LogP contribution in [0.3, 0.4) is 0 Å². The molecule has 0 aliphatic heterocycles. The number of ether oxygens (including phenoxy) is 3. The van der Waals surface area contributed by atoms with E-state index in [9.17, 15) is 9.90 Å². The van der Waals surface area contributed by atoms with E-state index in [-0.39, 0.29) is 18.7 Å². The Balaban J connectivity index is 2.46. The number of carbonyl (C=O) groups excluding carboxylic acids is 1. The lowest BCUT2D eigenvalue weighted by atomic mass is 9.97. The van der Waals surface area contributed by atoms with E-state index in [0.29, 0.717) is 19.4 Å². The lowest BCUT2D eigenvalue weighted by Crippen LogP contribution is -2.29. The lowest BCUT2D eigenvalue weighted by molar-refractivity contribution is -0.156. The smallest absolute Gasteiger partial charge is 0.311 e. The second-order valence-electron chi connectivity index (χ2n) is 7.04. The zero-order valence-corrected chi connectivity index (χ0v) is 15.7. The molecule has 0 spiro atoms. The largest absolute Gasteiger partial charge is 0.497 e. The van der Waals surface area contributed by atoms with Crippen molar-refractivity contribution in [2.24, 2.45) is 5.41 Å². The Hall–Kier alpha value is -1.85. The molecule has 0 aromatic heterocycles. The highest BCUT2D eigenvalue weighted by Crippen LogP contribution is 2.17. The summed E-state index contributed by atoms with van der Waals surface area (Å²) in [6.45, 7) is 9.46. The molecule has 1 aromatic carbocycles. The molecule has 140 valence electrons. The van der Waals surface area contributed by atoms with Gasteiger partial charge in [-0.2, -0.15) is 0 Å². The van der Waals surface area contributed by atoms with Crippen molar-refractivity contribution in [3.05, 3.63) is 42.5 Å². The van der Waals surface area contributed by atoms with Gasteiger partial charge in [0.1, 0.15) is 12.4 Å². The van der Waals surface area contributed by atoms with Crippen molar-refractivity contribution in [3.8, 4) is 5.75 Å². The van der Waals surface area contributed by atoms with Crippen LogP contribution in [0.1, 0.15) is 39.2 Å². The van der Waals surface area contributed by atoms with Crippen LogP contribution in [-0.4, -0.2) is 37.0 Å². The van der Waals surface area contributed by atoms with Crippen LogP contribution >= 0.6 is 0 Å². The summed E-state index contributed by atoms with van der Waals surface area (Å²) in [4.78, 5) is 11.8. The van der Waals surface area contributed by atoms with Crippen LogP contribution in [-0.2, 0) is 20.9 Å². The summed E-state index contributed by atoms with van der Waals surface area (Å²) in [7, 11) is 1.62. The molecule has 2 atom stereocenters. The first-order valence-corrected chi connectivity index (χ1v) is 8.47. The third-order valence-electron chi connectivity index (χ3n) is 3.63. The van der Waals surface area contributed by atoms with Gasteiger partial charge in [0, 0.05) is 6.42 Å². The average molecular weight is 350 g/mol. The van der Waals surface area contributed by atoms with Crippen molar-refractivity contribution in [1.82, 2.24) is 0 Å². The fraction of sp³-hybridized carbons (Fsp3) is 0.550. The van der Waals surface area contributed by atoms with E-state index in [4.69, 9.17) is 14.2 Å². The average Bonchev–Trinajstić information content (AvgIpc) is 2.57. The number of rotatable bonds is 10. The fourth-order valence-electron chi connectivity index (χ4n) is 2.11. The van der Waals surface area contributed by atoms with Crippen molar-refractivity contribution in [2.75, 3.05) is 13.7 Å². The molecule has 0 bridgehead atoms. The van der Waals surface area contributed by atoms with E-state index in [0.717, 1.165) is 11.3 Å². The molecule has 1 N–H and O–H groups in total. The van der Waals surface area contributed by atoms with Crippen LogP contribution in [0.25, 0.3) is 0 Å². The quantitative estimate of drug-likeness (QED) is 0.517. The Morgan fingerprint density at radius 2 is 1.92 bits per heavy atom. The van der Waals surface area contributed by atoms with Crippen LogP contribution in [0.4, 0.5) is 0 Å². The van der Waals surface area contributed by atoms with Gasteiger partial charge in [-0.15, -0.1) is 6.58 Å². The molecule has 0 amide bonds. The molecule has 0 unspecified atom stereocenters. The summed E-state index contributed by atoms with van der Waals surface area (Å²) < 4.78 is 16.2. The molecular weight excluding hydrogens is 320 g/mol. The minimum absolute atomic E-state index is 0.0321. The van der Waals surface area contributed by atoms with Gasteiger partial charge in [-0.3, -0.25) is 4.79 Å². The molecule has 0 radical (unpaired) electrons. The van der Waals surface area contributed by atoms with E-state index in [1.165, 1.54) is 0 Å². The Morgan fingerprint density at radius 1 is 1.28 bits per heavy atom. The Bertz CT molecular complexity index is 530. The third kappa shape index (κ3) is 8.18. The van der Waals surface area contributed by atoms with Crippen LogP contribution in [0.15, 0.2) is 36.9 Å². The van der Waals surface area contributed by atoms with Crippen molar-refractivity contribution in [3.63, 3.8) is 0 Å². The van der Waals surface area contributed by atoms with E-state index < -0.39 is 11.5 Å². The Morgan fingerprint density at radius 3 is 2.44 bits per heavy atom. The number of methoxy groups -OCH3 is 1. The summed E-state index contributed by atoms with van der Waals surface area (Å²) in [6.07, 6.45) is 1.78. The van der Waals surface area contributed by atoms with E-state index in [1.807, 2.05) is 24.3 Å². The first-order valence-electron chi connectivity index (χ1n) is 8.47. The number of aliphatic hydroxyl groups is 1. The maximum Gasteiger partial charge on any atom is 0.311 e. The molecular formula is C20H30O5. The molecule has 0 fully saturated rings. The molecule has 5 heteroatoms. The summed E-state index contributed by atoms with van der Waals surface area (Å²) >= 11 is 0. The van der Waals surface area contributed by atoms with Crippen molar-refractivity contribution in [2.45, 2.75) is 52.4 Å². The summed E-state index contributed by atoms with van der Waals surface area (Å²) in [5.41, 5.74) is 0.439. The highest BCUT2D eigenvalue weighted by Gasteiger charge is 2.24. The monoisotopic (exact) mass is 350 g/mol. The summed E-state index contributed by atoms with van der Waals surface area (Å²) in [5, 5.41) is 10.1. The van der Waals surface area contributed by atoms with E-state index in [2.05, 4.69) is 6.58 Å². The standard InChI is InChI=1S/C20H30O5/c1-6-7-18(12-16(21)14-25-19(22)20(2,3)4)24-13-15-8-10-17(23-5)11-9-15/h6,8-11,16,18,21H,1,7,12-14H2,2-5H3/t16-,18+/m0/s1. The third-order valence-corrected chi connectivity index (χ3v) is 3.63. The predicted octanol–water partition coefficient (Wildman–Crippen LogP) is 3.50. The van der Waals surface area contributed by atoms with Gasteiger partial charge >= 0.3 is 5.97 Å². The van der Waals surface area contributed by atoms with Crippen LogP contribution in [0.5, 0.6) is 5.75 Å². The van der Waals surface area contributed by atoms with E-state index >= 15 is 0 Å². The molecule has 0 saturated heterocycles. The highest BCUT2D eigenvalue weighted by atomic mass is 16.5. The first-order chi connectivity index (χ1) is 11.8. The van der Waals surface area contributed by atoms with Gasteiger partial charge in [0.05, 0.1) is 31.3 Å². The van der Waals surface area contributed by atoms with Crippen LogP contribution in [0.2, 0.25) is 0 Å². The van der Waals surface area contributed by atoms with Crippen LogP contribution in [0, 0.1) is 5.41 Å². The van der Waals surface area contributed by atoms with Crippen molar-refractivity contribution >= 4 is 5.97 Å². The molecule has 1 aromatic rings. The van der Waals surface area contributed by atoms with Gasteiger partial charge in [-0.1, -0.05) is 18.2 Å². The van der Waals surface area contributed by atoms with Gasteiger partial charge < -0.3 is 19.3 Å². The summed E-state index contributed by atoms with van der Waals surface area (Å²) in [5.74, 6) is 0.466. The molecule has 0 aliphatic carbocycles. The lowest BCUT2D eigenvalue weighted by Gasteiger charge is -2.22. The number of aliphatic hydroxyl groups excluding tert-OH is 1. The topological polar surface area (TPSA) is 65.0 Å². The molecule has 25 heavy (non-hydrogen) atoms. The maximum atomic E-state index is 11.8. The molecule has 5 nitrogen and oxygen atoms in total. The number of esters is 1. The SMILES string of the molecule is C=CC[C@H](C[C@H](O)COC(=O)C(C)(C)C)OCc1ccc(OC)cc1.